The number of nitrogens with one attached hydrogen (secondary N) is 1. The molecule has 0 bridgehead atoms. The second-order valence-corrected chi connectivity index (χ2v) is 5.85. The molecule has 0 spiro atoms. The van der Waals surface area contributed by atoms with Crippen molar-refractivity contribution in [3.63, 3.8) is 0 Å². The normalized spacial score (nSPS) is 15.6. The molecule has 3 heterocycles. The van der Waals surface area contributed by atoms with Gasteiger partial charge in [0.25, 0.3) is 5.56 Å². The van der Waals surface area contributed by atoms with Gasteiger partial charge in [-0.2, -0.15) is 4.98 Å². The van der Waals surface area contributed by atoms with E-state index in [1.54, 1.807) is 20.4 Å². The third-order valence-electron chi connectivity index (χ3n) is 4.15. The molecule has 0 saturated carbocycles. The Morgan fingerprint density at radius 2 is 2.14 bits per heavy atom. The maximum Gasteiger partial charge on any atom is 0.274 e. The van der Waals surface area contributed by atoms with Crippen molar-refractivity contribution in [2.24, 2.45) is 4.99 Å². The molecule has 1 N–H and O–H groups in total. The monoisotopic (exact) mass is 300 g/mol. The van der Waals surface area contributed by atoms with Crippen molar-refractivity contribution in [1.82, 2.24) is 9.66 Å². The van der Waals surface area contributed by atoms with Gasteiger partial charge in [-0.15, -0.1) is 0 Å². The first kappa shape index (κ1) is 14.7. The summed E-state index contributed by atoms with van der Waals surface area (Å²) in [7, 11) is 1.72. The Kier molecular flexibility index (Phi) is 3.70. The van der Waals surface area contributed by atoms with Crippen LogP contribution in [0.5, 0.6) is 0 Å². The van der Waals surface area contributed by atoms with Crippen LogP contribution in [0.2, 0.25) is 0 Å². The third kappa shape index (κ3) is 2.39. The zero-order valence-corrected chi connectivity index (χ0v) is 13.3. The van der Waals surface area contributed by atoms with Gasteiger partial charge in [-0.1, -0.05) is 6.92 Å². The summed E-state index contributed by atoms with van der Waals surface area (Å²) in [6, 6.07) is 3.98. The lowest BCUT2D eigenvalue weighted by atomic mass is 10.0. The smallest absolute Gasteiger partial charge is 0.274 e. The minimum Gasteiger partial charge on any atom is -0.382 e. The molecule has 6 heteroatoms. The zero-order chi connectivity index (χ0) is 15.9. The van der Waals surface area contributed by atoms with E-state index in [1.165, 1.54) is 0 Å². The average molecular weight is 300 g/mol. The van der Waals surface area contributed by atoms with Gasteiger partial charge < -0.3 is 4.74 Å². The van der Waals surface area contributed by atoms with Crippen LogP contribution in [-0.2, 0) is 4.74 Å². The van der Waals surface area contributed by atoms with Crippen LogP contribution in [0.15, 0.2) is 21.9 Å². The summed E-state index contributed by atoms with van der Waals surface area (Å²) in [5.74, 6) is 0.761. The fourth-order valence-electron chi connectivity index (χ4n) is 2.88. The van der Waals surface area contributed by atoms with Crippen LogP contribution in [-0.4, -0.2) is 29.2 Å². The largest absolute Gasteiger partial charge is 0.382 e. The molecular weight excluding hydrogens is 280 g/mol. The summed E-state index contributed by atoms with van der Waals surface area (Å²) in [5.41, 5.74) is 5.50. The van der Waals surface area contributed by atoms with Crippen molar-refractivity contribution in [1.29, 1.82) is 0 Å². The van der Waals surface area contributed by atoms with Gasteiger partial charge in [-0.25, -0.2) is 4.99 Å². The minimum absolute atomic E-state index is 0.182. The lowest BCUT2D eigenvalue weighted by Gasteiger charge is -2.19. The summed E-state index contributed by atoms with van der Waals surface area (Å²) in [4.78, 5) is 20.2. The fourth-order valence-corrected chi connectivity index (χ4v) is 2.88. The van der Waals surface area contributed by atoms with Crippen molar-refractivity contribution in [2.45, 2.75) is 39.2 Å². The Bertz CT molecular complexity index is 810. The zero-order valence-electron chi connectivity index (χ0n) is 13.3. The second-order valence-electron chi connectivity index (χ2n) is 5.85. The summed E-state index contributed by atoms with van der Waals surface area (Å²) < 4.78 is 7.34. The number of hydrogen-bond donors (Lipinski definition) is 1. The number of aromatic nitrogens is 2. The highest BCUT2D eigenvalue weighted by molar-refractivity contribution is 5.94. The molecule has 0 aliphatic carbocycles. The number of aryl methyl sites for hydroxylation is 1. The van der Waals surface area contributed by atoms with Crippen molar-refractivity contribution in [3.8, 4) is 0 Å². The maximum absolute atomic E-state index is 11.9. The summed E-state index contributed by atoms with van der Waals surface area (Å²) >= 11 is 0. The predicted octanol–water partition coefficient (Wildman–Crippen LogP) is 2.45. The maximum atomic E-state index is 11.9. The Morgan fingerprint density at radius 1 is 1.36 bits per heavy atom. The van der Waals surface area contributed by atoms with Crippen LogP contribution in [0.3, 0.4) is 0 Å². The molecule has 3 rings (SSSR count). The van der Waals surface area contributed by atoms with Gasteiger partial charge in [0.15, 0.2) is 5.82 Å². The third-order valence-corrected chi connectivity index (χ3v) is 4.15. The molecule has 0 amide bonds. The first-order valence-corrected chi connectivity index (χ1v) is 7.40. The van der Waals surface area contributed by atoms with Crippen molar-refractivity contribution < 1.29 is 4.74 Å². The molecule has 0 saturated heterocycles. The highest BCUT2D eigenvalue weighted by Crippen LogP contribution is 2.32. The molecule has 2 atom stereocenters. The first-order valence-electron chi connectivity index (χ1n) is 7.40. The quantitative estimate of drug-likeness (QED) is 0.941. The number of nitrogens with zero attached hydrogens (tertiary/aromatic N) is 3. The van der Waals surface area contributed by atoms with Crippen LogP contribution in [0.1, 0.15) is 37.4 Å². The predicted molar refractivity (Wildman–Crippen MR) is 87.8 cm³/mol. The van der Waals surface area contributed by atoms with E-state index >= 15 is 0 Å². The number of methoxy groups -OCH3 is 1. The second kappa shape index (κ2) is 5.53. The molecule has 2 aromatic heterocycles. The van der Waals surface area contributed by atoms with Crippen LogP contribution in [0, 0.1) is 6.92 Å². The molecule has 1 aliphatic heterocycles. The molecule has 1 aliphatic rings. The lowest BCUT2D eigenvalue weighted by molar-refractivity contribution is 0.105. The Morgan fingerprint density at radius 3 is 2.86 bits per heavy atom. The van der Waals surface area contributed by atoms with Crippen LogP contribution < -0.4 is 11.0 Å². The van der Waals surface area contributed by atoms with Crippen molar-refractivity contribution in [2.75, 3.05) is 12.5 Å². The highest BCUT2D eigenvalue weighted by Gasteiger charge is 2.21. The first-order chi connectivity index (χ1) is 10.5. The Labute approximate surface area is 128 Å². The van der Waals surface area contributed by atoms with Gasteiger partial charge >= 0.3 is 0 Å². The molecule has 6 nitrogen and oxygen atoms in total. The van der Waals surface area contributed by atoms with Gasteiger partial charge in [-0.05, 0) is 32.4 Å². The number of hydrogen-bond acceptors (Lipinski definition) is 5. The van der Waals surface area contributed by atoms with Gasteiger partial charge in [0, 0.05) is 29.7 Å². The highest BCUT2D eigenvalue weighted by atomic mass is 16.5. The molecule has 0 aromatic carbocycles. The van der Waals surface area contributed by atoms with Gasteiger partial charge in [0.05, 0.1) is 6.10 Å². The van der Waals surface area contributed by atoms with E-state index in [0.29, 0.717) is 17.3 Å². The number of aliphatic imine (C=N–C) groups is 1. The lowest BCUT2D eigenvalue weighted by Crippen LogP contribution is -2.21. The molecule has 116 valence electrons. The van der Waals surface area contributed by atoms with Gasteiger partial charge in [0.2, 0.25) is 0 Å². The van der Waals surface area contributed by atoms with Crippen LogP contribution in [0.4, 0.5) is 5.82 Å². The molecule has 22 heavy (non-hydrogen) atoms. The van der Waals surface area contributed by atoms with E-state index in [2.05, 4.69) is 35.3 Å². The Hall–Kier alpha value is -2.21. The molecule has 2 aromatic rings. The summed E-state index contributed by atoms with van der Waals surface area (Å²) in [6.07, 6.45) is 2.66. The van der Waals surface area contributed by atoms with Gasteiger partial charge in [-0.3, -0.25) is 14.9 Å². The van der Waals surface area contributed by atoms with E-state index < -0.39 is 0 Å². The van der Waals surface area contributed by atoms with E-state index in [4.69, 9.17) is 4.74 Å². The average Bonchev–Trinajstić information content (AvgIpc) is 2.80. The van der Waals surface area contributed by atoms with Gasteiger partial charge in [0.1, 0.15) is 11.9 Å². The van der Waals surface area contributed by atoms with E-state index in [0.717, 1.165) is 23.0 Å². The van der Waals surface area contributed by atoms with Crippen LogP contribution in [0.25, 0.3) is 10.9 Å². The summed E-state index contributed by atoms with van der Waals surface area (Å²) in [5, 5.41) is 0.971. The van der Waals surface area contributed by atoms with Crippen molar-refractivity contribution in [3.05, 3.63) is 33.7 Å². The van der Waals surface area contributed by atoms with E-state index in [9.17, 15) is 4.79 Å². The Balaban J connectivity index is 2.19. The fraction of sp³-hybridized carbons (Fsp3) is 0.438. The topological polar surface area (TPSA) is 68.5 Å². The SMILES string of the molecule is COC(C)CC(C)c1cc2cc(C)c(=O)nc3c2n1NC=N3. The summed E-state index contributed by atoms with van der Waals surface area (Å²) in [6.45, 7) is 6.01. The number of ether oxygens (including phenoxy) is 1. The standard InChI is InChI=1S/C16H20N4O2/c1-9(5-11(3)22-4)13-7-12-6-10(2)16(21)19-15-14(12)20(13)18-8-17-15/h6-9,11H,5H2,1-4H3,(H,17,18,19,21). The molecule has 0 fully saturated rings. The van der Waals surface area contributed by atoms with E-state index in [1.807, 2.05) is 10.7 Å². The molecule has 2 unspecified atom stereocenters. The number of rotatable bonds is 4. The van der Waals surface area contributed by atoms with E-state index in [-0.39, 0.29) is 11.7 Å². The molecule has 0 radical (unpaired) electrons. The minimum atomic E-state index is -0.237. The van der Waals surface area contributed by atoms with Crippen LogP contribution >= 0.6 is 0 Å². The van der Waals surface area contributed by atoms with Crippen molar-refractivity contribution >= 4 is 23.1 Å². The molecular formula is C16H20N4O2.